The molecule has 0 bridgehead atoms. The lowest BCUT2D eigenvalue weighted by molar-refractivity contribution is -0.134. The maximum absolute atomic E-state index is 11.8. The number of hydrogen-bond acceptors (Lipinski definition) is 2. The molecule has 0 aromatic carbocycles. The Hall–Kier alpha value is -1.33. The quantitative estimate of drug-likeness (QED) is 0.284. The van der Waals surface area contributed by atoms with Gasteiger partial charge in [0.25, 0.3) is 0 Å². The third kappa shape index (κ3) is 3.75. The maximum Gasteiger partial charge on any atom is 0.446 e. The van der Waals surface area contributed by atoms with Crippen molar-refractivity contribution in [2.24, 2.45) is 0 Å². The Labute approximate surface area is 65.1 Å². The number of ether oxygens (including phenoxy) is 1. The van der Waals surface area contributed by atoms with Crippen LogP contribution in [0.2, 0.25) is 0 Å². The molecule has 0 fully saturated rings. The molecule has 0 heterocycles. The van der Waals surface area contributed by atoms with E-state index >= 15 is 0 Å². The van der Waals surface area contributed by atoms with Gasteiger partial charge in [0, 0.05) is 6.08 Å². The van der Waals surface area contributed by atoms with Gasteiger partial charge in [0.1, 0.15) is 6.26 Å². The maximum atomic E-state index is 11.8. The topological polar surface area (TPSA) is 26.3 Å². The van der Waals surface area contributed by atoms with E-state index in [4.69, 9.17) is 0 Å². The lowest BCUT2D eigenvalue weighted by Gasteiger charge is -2.01. The van der Waals surface area contributed by atoms with E-state index in [9.17, 15) is 22.4 Å². The summed E-state index contributed by atoms with van der Waals surface area (Å²) in [4.78, 5) is 10.1. The molecule has 0 rings (SSSR count). The number of esters is 1. The molecule has 0 aliphatic carbocycles. The van der Waals surface area contributed by atoms with Crippen LogP contribution in [0.1, 0.15) is 0 Å². The lowest BCUT2D eigenvalue weighted by Crippen LogP contribution is -2.09. The monoisotopic (exact) mass is 184 g/mol. The predicted molar refractivity (Wildman–Crippen MR) is 31.5 cm³/mol. The number of halogens is 4. The normalized spacial score (nSPS) is 12.5. The number of hydrogen-bond donors (Lipinski definition) is 0. The molecule has 0 spiro atoms. The van der Waals surface area contributed by atoms with Crippen molar-refractivity contribution in [2.75, 3.05) is 0 Å². The van der Waals surface area contributed by atoms with Gasteiger partial charge in [-0.15, -0.1) is 0 Å². The van der Waals surface area contributed by atoms with Crippen molar-refractivity contribution >= 4 is 5.97 Å². The SMILES string of the molecule is C=CC(=O)OC=C(F)C(F)(F)F. The van der Waals surface area contributed by atoms with Gasteiger partial charge in [-0.2, -0.15) is 17.6 Å². The van der Waals surface area contributed by atoms with Crippen molar-refractivity contribution in [3.8, 4) is 0 Å². The number of alkyl halides is 3. The molecular weight excluding hydrogens is 180 g/mol. The first-order valence-corrected chi connectivity index (χ1v) is 2.64. The highest BCUT2D eigenvalue weighted by Crippen LogP contribution is 2.26. The molecule has 12 heavy (non-hydrogen) atoms. The van der Waals surface area contributed by atoms with Crippen LogP contribution in [0.4, 0.5) is 17.6 Å². The first-order valence-electron chi connectivity index (χ1n) is 2.64. The van der Waals surface area contributed by atoms with E-state index in [1.807, 2.05) is 0 Å². The predicted octanol–water partition coefficient (Wildman–Crippen LogP) is 2.09. The Balaban J connectivity index is 4.20. The van der Waals surface area contributed by atoms with Crippen LogP contribution in [0.3, 0.4) is 0 Å². The van der Waals surface area contributed by atoms with Crippen molar-refractivity contribution < 1.29 is 27.1 Å². The molecule has 68 valence electrons. The zero-order valence-corrected chi connectivity index (χ0v) is 5.69. The summed E-state index contributed by atoms with van der Waals surface area (Å²) in [6.07, 6.45) is -4.83. The van der Waals surface area contributed by atoms with Crippen LogP contribution < -0.4 is 0 Å². The van der Waals surface area contributed by atoms with Crippen molar-refractivity contribution in [1.82, 2.24) is 0 Å². The lowest BCUT2D eigenvalue weighted by atomic mass is 10.6. The molecule has 0 saturated heterocycles. The van der Waals surface area contributed by atoms with Gasteiger partial charge in [0.15, 0.2) is 0 Å². The van der Waals surface area contributed by atoms with Gasteiger partial charge in [0.05, 0.1) is 0 Å². The summed E-state index contributed by atoms with van der Waals surface area (Å²) >= 11 is 0. The minimum atomic E-state index is -5.12. The molecule has 0 atom stereocenters. The summed E-state index contributed by atoms with van der Waals surface area (Å²) in [6, 6.07) is 0. The summed E-state index contributed by atoms with van der Waals surface area (Å²) in [5.74, 6) is -3.63. The number of carbonyl (C=O) groups excluding carboxylic acids is 1. The smallest absolute Gasteiger partial charge is 0.428 e. The Kier molecular flexibility index (Phi) is 3.46. The van der Waals surface area contributed by atoms with Crippen molar-refractivity contribution in [3.05, 3.63) is 24.7 Å². The fraction of sp³-hybridized carbons (Fsp3) is 0.167. The second-order valence-corrected chi connectivity index (χ2v) is 1.60. The fourth-order valence-electron chi connectivity index (χ4n) is 0.225. The zero-order valence-electron chi connectivity index (χ0n) is 5.69. The Morgan fingerprint density at radius 1 is 1.42 bits per heavy atom. The molecule has 0 aliphatic heterocycles. The van der Waals surface area contributed by atoms with E-state index < -0.39 is 18.0 Å². The number of rotatable bonds is 2. The molecule has 0 aromatic rings. The minimum absolute atomic E-state index is 0.315. The Bertz CT molecular complexity index is 216. The summed E-state index contributed by atoms with van der Waals surface area (Å²) < 4.78 is 49.5. The van der Waals surface area contributed by atoms with Crippen LogP contribution >= 0.6 is 0 Å². The standard InChI is InChI=1S/C6H4F4O2/c1-2-5(11)12-3-4(7)6(8,9)10/h2-3H,1H2. The summed E-state index contributed by atoms with van der Waals surface area (Å²) in [7, 11) is 0. The van der Waals surface area contributed by atoms with Crippen LogP contribution in [0.5, 0.6) is 0 Å². The second kappa shape index (κ2) is 3.89. The van der Waals surface area contributed by atoms with Crippen LogP contribution in [0, 0.1) is 0 Å². The number of allylic oxidation sites excluding steroid dienone is 1. The molecule has 0 unspecified atom stereocenters. The van der Waals surface area contributed by atoms with E-state index in [0.29, 0.717) is 6.08 Å². The van der Waals surface area contributed by atoms with Crippen LogP contribution in [-0.2, 0) is 9.53 Å². The first-order chi connectivity index (χ1) is 5.38. The Morgan fingerprint density at radius 2 is 1.92 bits per heavy atom. The highest BCUT2D eigenvalue weighted by molar-refractivity contribution is 5.81. The van der Waals surface area contributed by atoms with Gasteiger partial charge in [-0.3, -0.25) is 0 Å². The van der Waals surface area contributed by atoms with Gasteiger partial charge < -0.3 is 4.74 Å². The zero-order chi connectivity index (χ0) is 9.78. The van der Waals surface area contributed by atoms with Gasteiger partial charge in [-0.25, -0.2) is 4.79 Å². The van der Waals surface area contributed by atoms with Crippen LogP contribution in [-0.4, -0.2) is 12.1 Å². The van der Waals surface area contributed by atoms with E-state index in [1.54, 1.807) is 0 Å². The molecule has 2 nitrogen and oxygen atoms in total. The van der Waals surface area contributed by atoms with Crippen molar-refractivity contribution in [3.63, 3.8) is 0 Å². The van der Waals surface area contributed by atoms with E-state index in [1.165, 1.54) is 0 Å². The van der Waals surface area contributed by atoms with Crippen molar-refractivity contribution in [1.29, 1.82) is 0 Å². The summed E-state index contributed by atoms with van der Waals surface area (Å²) in [6.45, 7) is 2.89. The molecule has 0 amide bonds. The van der Waals surface area contributed by atoms with E-state index in [0.717, 1.165) is 0 Å². The minimum Gasteiger partial charge on any atom is -0.428 e. The third-order valence-electron chi connectivity index (χ3n) is 0.716. The first kappa shape index (κ1) is 10.7. The van der Waals surface area contributed by atoms with Gasteiger partial charge in [0.2, 0.25) is 5.83 Å². The molecular formula is C6H4F4O2. The van der Waals surface area contributed by atoms with E-state index in [2.05, 4.69) is 11.3 Å². The summed E-state index contributed by atoms with van der Waals surface area (Å²) in [5, 5.41) is 0. The fourth-order valence-corrected chi connectivity index (χ4v) is 0.225. The molecule has 0 saturated carbocycles. The van der Waals surface area contributed by atoms with Gasteiger partial charge >= 0.3 is 12.1 Å². The molecule has 6 heteroatoms. The summed E-state index contributed by atoms with van der Waals surface area (Å²) in [5.41, 5.74) is 0. The average molecular weight is 184 g/mol. The van der Waals surface area contributed by atoms with Crippen LogP contribution in [0.25, 0.3) is 0 Å². The highest BCUT2D eigenvalue weighted by Gasteiger charge is 2.35. The largest absolute Gasteiger partial charge is 0.446 e. The molecule has 0 aromatic heterocycles. The third-order valence-corrected chi connectivity index (χ3v) is 0.716. The number of carbonyl (C=O) groups is 1. The molecule has 0 aliphatic rings. The average Bonchev–Trinajstić information content (AvgIpc) is 1.97. The van der Waals surface area contributed by atoms with Crippen LogP contribution in [0.15, 0.2) is 24.7 Å². The molecule has 0 radical (unpaired) electrons. The molecule has 0 N–H and O–H groups in total. The highest BCUT2D eigenvalue weighted by atomic mass is 19.4. The second-order valence-electron chi connectivity index (χ2n) is 1.60. The van der Waals surface area contributed by atoms with Crippen molar-refractivity contribution in [2.45, 2.75) is 6.18 Å². The Morgan fingerprint density at radius 3 is 2.25 bits per heavy atom. The van der Waals surface area contributed by atoms with Gasteiger partial charge in [-0.05, 0) is 0 Å². The van der Waals surface area contributed by atoms with E-state index in [-0.39, 0.29) is 6.26 Å². The van der Waals surface area contributed by atoms with Gasteiger partial charge in [-0.1, -0.05) is 6.58 Å².